The molecule has 2 aromatic rings. The van der Waals surface area contributed by atoms with Gasteiger partial charge in [0, 0.05) is 6.54 Å². The van der Waals surface area contributed by atoms with E-state index in [1.165, 1.54) is 6.07 Å². The molecule has 5 nitrogen and oxygen atoms in total. The van der Waals surface area contributed by atoms with Gasteiger partial charge in [0.1, 0.15) is 11.3 Å². The summed E-state index contributed by atoms with van der Waals surface area (Å²) in [5.41, 5.74) is -0.0713. The average Bonchev–Trinajstić information content (AvgIpc) is 2.52. The van der Waals surface area contributed by atoms with Gasteiger partial charge in [-0.1, -0.05) is 44.0 Å². The van der Waals surface area contributed by atoms with E-state index in [4.69, 9.17) is 23.2 Å². The highest BCUT2D eigenvalue weighted by atomic mass is 35.5. The maximum absolute atomic E-state index is 12.8. The molecule has 0 fully saturated rings. The van der Waals surface area contributed by atoms with Crippen LogP contribution in [0.1, 0.15) is 33.0 Å². The Labute approximate surface area is 145 Å². The molecule has 23 heavy (non-hydrogen) atoms. The third kappa shape index (κ3) is 3.47. The van der Waals surface area contributed by atoms with Crippen LogP contribution in [0.25, 0.3) is 10.9 Å². The zero-order chi connectivity index (χ0) is 17.1. The van der Waals surface area contributed by atoms with Gasteiger partial charge >= 0.3 is 0 Å². The number of hydrogen-bond acceptors (Lipinski definition) is 4. The lowest BCUT2D eigenvalue weighted by molar-refractivity contribution is 0.281. The first kappa shape index (κ1) is 18.0. The first-order chi connectivity index (χ1) is 10.9. The molecule has 2 rings (SSSR count). The Morgan fingerprint density at radius 2 is 1.87 bits per heavy atom. The van der Waals surface area contributed by atoms with Crippen molar-refractivity contribution in [2.45, 2.75) is 40.3 Å². The number of benzene rings is 1. The van der Waals surface area contributed by atoms with Crippen molar-refractivity contribution in [2.24, 2.45) is 0 Å². The molecule has 0 amide bonds. The number of hydrogen-bond donors (Lipinski definition) is 1. The fraction of sp³-hybridized carbons (Fsp3) is 0.500. The van der Waals surface area contributed by atoms with Gasteiger partial charge in [0.2, 0.25) is 0 Å². The Hall–Kier alpha value is -1.30. The molecule has 1 N–H and O–H groups in total. The highest BCUT2D eigenvalue weighted by molar-refractivity contribution is 6.39. The Bertz CT molecular complexity index is 770. The summed E-state index contributed by atoms with van der Waals surface area (Å²) >= 11 is 12.1. The number of fused-ring (bicyclic) bond motifs is 1. The fourth-order valence-electron chi connectivity index (χ4n) is 2.57. The second-order valence-corrected chi connectivity index (χ2v) is 6.17. The van der Waals surface area contributed by atoms with Crippen LogP contribution >= 0.6 is 23.2 Å². The average molecular weight is 358 g/mol. The maximum atomic E-state index is 12.8. The van der Waals surface area contributed by atoms with Gasteiger partial charge in [-0.2, -0.15) is 0 Å². The molecule has 0 aliphatic rings. The molecule has 0 unspecified atom stereocenters. The predicted octanol–water partition coefficient (Wildman–Crippen LogP) is 3.66. The maximum Gasteiger partial charge on any atom is 0.263 e. The van der Waals surface area contributed by atoms with Gasteiger partial charge < -0.3 is 5.11 Å². The molecule has 0 aliphatic carbocycles. The van der Waals surface area contributed by atoms with Crippen LogP contribution in [0.4, 0.5) is 0 Å². The number of halogens is 2. The van der Waals surface area contributed by atoms with Gasteiger partial charge in [0.05, 0.1) is 22.0 Å². The second kappa shape index (κ2) is 7.51. The molecular weight excluding hydrogens is 337 g/mol. The van der Waals surface area contributed by atoms with Gasteiger partial charge in [-0.3, -0.25) is 14.3 Å². The summed E-state index contributed by atoms with van der Waals surface area (Å²) in [7, 11) is 0. The van der Waals surface area contributed by atoms with Crippen molar-refractivity contribution >= 4 is 34.1 Å². The molecule has 1 aromatic carbocycles. The highest BCUT2D eigenvalue weighted by Gasteiger charge is 2.19. The Morgan fingerprint density at radius 1 is 1.22 bits per heavy atom. The molecule has 0 atom stereocenters. The molecule has 1 aromatic heterocycles. The lowest BCUT2D eigenvalue weighted by atomic mass is 10.2. The van der Waals surface area contributed by atoms with Crippen LogP contribution in [-0.2, 0) is 13.1 Å². The minimum atomic E-state index is -0.240. The Morgan fingerprint density at radius 3 is 2.43 bits per heavy atom. The van der Waals surface area contributed by atoms with Crippen molar-refractivity contribution in [1.82, 2.24) is 14.5 Å². The summed E-state index contributed by atoms with van der Waals surface area (Å²) in [5, 5.41) is 10.7. The van der Waals surface area contributed by atoms with E-state index in [-0.39, 0.29) is 32.3 Å². The van der Waals surface area contributed by atoms with E-state index in [0.29, 0.717) is 18.9 Å². The molecule has 0 saturated heterocycles. The number of rotatable bonds is 6. The molecule has 1 heterocycles. The zero-order valence-corrected chi connectivity index (χ0v) is 15.1. The van der Waals surface area contributed by atoms with Crippen LogP contribution in [-0.4, -0.2) is 32.6 Å². The first-order valence-corrected chi connectivity index (χ1v) is 8.52. The van der Waals surface area contributed by atoms with Crippen molar-refractivity contribution in [1.29, 1.82) is 0 Å². The standard InChI is InChI=1S/C16H21Cl2N3O2/c1-4-7-21-12(9-20(5-2)6-3)19-14-13(16(21)23)10(17)8-11(18)15(14)22/h8,22H,4-7,9H2,1-3H3. The summed E-state index contributed by atoms with van der Waals surface area (Å²) in [6.45, 7) is 8.88. The molecule has 0 radical (unpaired) electrons. The van der Waals surface area contributed by atoms with Gasteiger partial charge in [-0.25, -0.2) is 4.98 Å². The van der Waals surface area contributed by atoms with Gasteiger partial charge in [-0.05, 0) is 25.6 Å². The van der Waals surface area contributed by atoms with Crippen LogP contribution in [0, 0.1) is 0 Å². The monoisotopic (exact) mass is 357 g/mol. The normalized spacial score (nSPS) is 11.6. The number of aromatic nitrogens is 2. The van der Waals surface area contributed by atoms with E-state index in [1.54, 1.807) is 4.57 Å². The lowest BCUT2D eigenvalue weighted by Crippen LogP contribution is -2.31. The summed E-state index contributed by atoms with van der Waals surface area (Å²) in [4.78, 5) is 19.5. The molecule has 0 spiro atoms. The van der Waals surface area contributed by atoms with Gasteiger partial charge in [0.25, 0.3) is 5.56 Å². The minimum absolute atomic E-state index is 0.0939. The summed E-state index contributed by atoms with van der Waals surface area (Å²) in [6, 6.07) is 1.38. The minimum Gasteiger partial charge on any atom is -0.504 e. The van der Waals surface area contributed by atoms with Gasteiger partial charge in [-0.15, -0.1) is 0 Å². The smallest absolute Gasteiger partial charge is 0.263 e. The highest BCUT2D eigenvalue weighted by Crippen LogP contribution is 2.34. The first-order valence-electron chi connectivity index (χ1n) is 7.77. The predicted molar refractivity (Wildman–Crippen MR) is 94.6 cm³/mol. The molecule has 0 bridgehead atoms. The Balaban J connectivity index is 2.77. The third-order valence-corrected chi connectivity index (χ3v) is 4.48. The fourth-order valence-corrected chi connectivity index (χ4v) is 3.11. The second-order valence-electron chi connectivity index (χ2n) is 5.36. The number of phenolic OH excluding ortho intramolecular Hbond substituents is 1. The van der Waals surface area contributed by atoms with Crippen molar-refractivity contribution in [3.8, 4) is 5.75 Å². The summed E-state index contributed by atoms with van der Waals surface area (Å²) in [5.74, 6) is 0.411. The van der Waals surface area contributed by atoms with E-state index in [2.05, 4.69) is 23.7 Å². The third-order valence-electron chi connectivity index (χ3n) is 3.90. The Kier molecular flexibility index (Phi) is 5.89. The van der Waals surface area contributed by atoms with Crippen molar-refractivity contribution in [3.05, 3.63) is 32.3 Å². The molecule has 7 heteroatoms. The molecule has 0 saturated carbocycles. The van der Waals surface area contributed by atoms with Gasteiger partial charge in [0.15, 0.2) is 5.75 Å². The van der Waals surface area contributed by atoms with Crippen LogP contribution in [0.5, 0.6) is 5.75 Å². The van der Waals surface area contributed by atoms with E-state index in [9.17, 15) is 9.90 Å². The lowest BCUT2D eigenvalue weighted by Gasteiger charge is -2.21. The number of nitrogens with zero attached hydrogens (tertiary/aromatic N) is 3. The van der Waals surface area contributed by atoms with Crippen LogP contribution < -0.4 is 5.56 Å². The van der Waals surface area contributed by atoms with E-state index >= 15 is 0 Å². The topological polar surface area (TPSA) is 58.4 Å². The van der Waals surface area contributed by atoms with E-state index < -0.39 is 0 Å². The largest absolute Gasteiger partial charge is 0.504 e. The van der Waals surface area contributed by atoms with E-state index in [1.807, 2.05) is 6.92 Å². The quantitative estimate of drug-likeness (QED) is 0.856. The molecule has 0 aliphatic heterocycles. The van der Waals surface area contributed by atoms with Crippen LogP contribution in [0.3, 0.4) is 0 Å². The van der Waals surface area contributed by atoms with Crippen molar-refractivity contribution in [2.75, 3.05) is 13.1 Å². The van der Waals surface area contributed by atoms with Crippen LogP contribution in [0.15, 0.2) is 10.9 Å². The molecular formula is C16H21Cl2N3O2. The summed E-state index contributed by atoms with van der Waals surface area (Å²) < 4.78 is 1.64. The number of phenols is 1. The van der Waals surface area contributed by atoms with Crippen LogP contribution in [0.2, 0.25) is 10.0 Å². The summed E-state index contributed by atoms with van der Waals surface area (Å²) in [6.07, 6.45) is 0.801. The molecule has 126 valence electrons. The van der Waals surface area contributed by atoms with Crippen molar-refractivity contribution in [3.63, 3.8) is 0 Å². The zero-order valence-electron chi connectivity index (χ0n) is 13.6. The van der Waals surface area contributed by atoms with E-state index in [0.717, 1.165) is 19.5 Å². The SMILES string of the molecule is CCCn1c(CN(CC)CC)nc2c(O)c(Cl)cc(Cl)c2c1=O. The van der Waals surface area contributed by atoms with Crippen molar-refractivity contribution < 1.29 is 5.11 Å². The number of aromatic hydroxyl groups is 1.